The second-order valence-corrected chi connectivity index (χ2v) is 7.85. The van der Waals surface area contributed by atoms with Crippen LogP contribution in [0.15, 0.2) is 11.9 Å². The normalized spacial score (nSPS) is 33.8. The summed E-state index contributed by atoms with van der Waals surface area (Å²) in [6, 6.07) is 0. The predicted octanol–water partition coefficient (Wildman–Crippen LogP) is 1.94. The topological polar surface area (TPSA) is 114 Å². The van der Waals surface area contributed by atoms with Gasteiger partial charge in [0.2, 0.25) is 0 Å². The lowest BCUT2D eigenvalue weighted by Crippen LogP contribution is -2.54. The summed E-state index contributed by atoms with van der Waals surface area (Å²) < 4.78 is 11.4. The molecule has 0 aromatic carbocycles. The molecule has 1 aliphatic carbocycles. The number of hydrogen-bond donors (Lipinski definition) is 4. The van der Waals surface area contributed by atoms with Crippen molar-refractivity contribution >= 4 is 0 Å². The minimum Gasteiger partial charge on any atom is -0.399 e. The van der Waals surface area contributed by atoms with Crippen LogP contribution < -0.4 is 11.6 Å². The van der Waals surface area contributed by atoms with Crippen LogP contribution in [0.3, 0.4) is 0 Å². The molecule has 2 rings (SSSR count). The Hall–Kier alpha value is -0.860. The van der Waals surface area contributed by atoms with Gasteiger partial charge < -0.3 is 30.4 Å². The van der Waals surface area contributed by atoms with Gasteiger partial charge in [-0.3, -0.25) is 0 Å². The molecule has 2 aliphatic rings. The maximum Gasteiger partial charge on any atom is 0.157 e. The second kappa shape index (κ2) is 11.2. The van der Waals surface area contributed by atoms with Gasteiger partial charge in [0.05, 0.1) is 30.6 Å². The highest BCUT2D eigenvalue weighted by atomic mass is 16.6. The molecule has 6 N–H and O–H groups in total. The number of nitrogens with zero attached hydrogens (tertiary/aromatic N) is 1. The third kappa shape index (κ3) is 6.61. The Labute approximate surface area is 164 Å². The van der Waals surface area contributed by atoms with Gasteiger partial charge in [-0.15, -0.1) is 0 Å². The van der Waals surface area contributed by atoms with E-state index in [1.807, 2.05) is 20.8 Å². The predicted molar refractivity (Wildman–Crippen MR) is 107 cm³/mol. The summed E-state index contributed by atoms with van der Waals surface area (Å²) in [6.45, 7) is 8.41. The molecule has 2 fully saturated rings. The van der Waals surface area contributed by atoms with E-state index >= 15 is 0 Å². The minimum absolute atomic E-state index is 0.0612. The largest absolute Gasteiger partial charge is 0.399 e. The third-order valence-corrected chi connectivity index (χ3v) is 5.81. The molecular weight excluding hydrogens is 346 g/mol. The first-order chi connectivity index (χ1) is 12.7. The number of aliphatic hydroxyl groups is 2. The Morgan fingerprint density at radius 1 is 1.33 bits per heavy atom. The molecule has 160 valence electrons. The Balaban J connectivity index is 0.00000176. The molecule has 3 unspecified atom stereocenters. The molecule has 0 aromatic heterocycles. The highest BCUT2D eigenvalue weighted by Crippen LogP contribution is 2.47. The lowest BCUT2D eigenvalue weighted by molar-refractivity contribution is -0.197. The van der Waals surface area contributed by atoms with Crippen LogP contribution in [0.1, 0.15) is 59.8 Å². The molecule has 0 aromatic rings. The molecule has 0 spiro atoms. The van der Waals surface area contributed by atoms with Gasteiger partial charge in [0.25, 0.3) is 0 Å². The highest BCUT2D eigenvalue weighted by molar-refractivity contribution is 5.00. The summed E-state index contributed by atoms with van der Waals surface area (Å²) in [7, 11) is 1.66. The van der Waals surface area contributed by atoms with Crippen molar-refractivity contribution in [1.29, 1.82) is 0 Å². The quantitative estimate of drug-likeness (QED) is 0.313. The van der Waals surface area contributed by atoms with Crippen LogP contribution in [0.2, 0.25) is 0 Å². The van der Waals surface area contributed by atoms with Crippen LogP contribution in [-0.2, 0) is 9.47 Å². The summed E-state index contributed by atoms with van der Waals surface area (Å²) in [5.41, 5.74) is 5.34. The first kappa shape index (κ1) is 24.2. The van der Waals surface area contributed by atoms with Crippen LogP contribution in [0, 0.1) is 17.8 Å². The van der Waals surface area contributed by atoms with Crippen molar-refractivity contribution in [2.75, 3.05) is 20.3 Å². The van der Waals surface area contributed by atoms with E-state index in [1.165, 1.54) is 5.01 Å². The van der Waals surface area contributed by atoms with E-state index in [0.29, 0.717) is 12.3 Å². The Bertz CT molecular complexity index is 461. The van der Waals surface area contributed by atoms with Gasteiger partial charge in [-0.25, -0.2) is 5.84 Å². The van der Waals surface area contributed by atoms with Crippen molar-refractivity contribution in [3.05, 3.63) is 11.9 Å². The van der Waals surface area contributed by atoms with E-state index in [-0.39, 0.29) is 30.5 Å². The SMILES string of the molecule is CC.CC1CCC2CCC[C@@H](C(C)[C@@H](O)OC/C(N)=C/N(C)N)[C@@]2(O)CO1. The van der Waals surface area contributed by atoms with E-state index in [0.717, 1.165) is 32.1 Å². The molecular formula is C20H41N3O4. The maximum absolute atomic E-state index is 11.4. The average Bonchev–Trinajstić information content (AvgIpc) is 2.79. The van der Waals surface area contributed by atoms with Crippen LogP contribution >= 0.6 is 0 Å². The summed E-state index contributed by atoms with van der Waals surface area (Å²) in [5, 5.41) is 23.2. The lowest BCUT2D eigenvalue weighted by Gasteiger charge is -2.48. The number of hydrazine groups is 1. The van der Waals surface area contributed by atoms with Gasteiger partial charge in [0.1, 0.15) is 0 Å². The van der Waals surface area contributed by atoms with Crippen molar-refractivity contribution in [2.24, 2.45) is 29.3 Å². The first-order valence-corrected chi connectivity index (χ1v) is 10.3. The zero-order valence-corrected chi connectivity index (χ0v) is 17.7. The number of fused-ring (bicyclic) bond motifs is 1. The summed E-state index contributed by atoms with van der Waals surface area (Å²) >= 11 is 0. The molecule has 27 heavy (non-hydrogen) atoms. The van der Waals surface area contributed by atoms with E-state index in [1.54, 1.807) is 13.2 Å². The molecule has 1 saturated carbocycles. The first-order valence-electron chi connectivity index (χ1n) is 10.3. The van der Waals surface area contributed by atoms with Gasteiger partial charge in [0.15, 0.2) is 6.29 Å². The molecule has 0 amide bonds. The van der Waals surface area contributed by atoms with E-state index in [9.17, 15) is 10.2 Å². The van der Waals surface area contributed by atoms with Gasteiger partial charge >= 0.3 is 0 Å². The van der Waals surface area contributed by atoms with Crippen LogP contribution in [0.25, 0.3) is 0 Å². The summed E-state index contributed by atoms with van der Waals surface area (Å²) in [6.07, 6.45) is 5.60. The van der Waals surface area contributed by atoms with Crippen LogP contribution in [0.4, 0.5) is 0 Å². The van der Waals surface area contributed by atoms with Gasteiger partial charge in [-0.2, -0.15) is 0 Å². The van der Waals surface area contributed by atoms with Gasteiger partial charge in [-0.1, -0.05) is 27.2 Å². The molecule has 1 aliphatic heterocycles. The molecule has 7 heteroatoms. The number of aliphatic hydroxyl groups excluding tert-OH is 1. The van der Waals surface area contributed by atoms with Crippen molar-refractivity contribution in [2.45, 2.75) is 77.8 Å². The van der Waals surface area contributed by atoms with Gasteiger partial charge in [-0.05, 0) is 44.4 Å². The van der Waals surface area contributed by atoms with Crippen molar-refractivity contribution in [1.82, 2.24) is 5.01 Å². The van der Waals surface area contributed by atoms with Crippen molar-refractivity contribution < 1.29 is 19.7 Å². The fraction of sp³-hybridized carbons (Fsp3) is 0.900. The van der Waals surface area contributed by atoms with Crippen molar-refractivity contribution in [3.63, 3.8) is 0 Å². The zero-order valence-electron chi connectivity index (χ0n) is 17.7. The third-order valence-electron chi connectivity index (χ3n) is 5.81. The minimum atomic E-state index is -0.997. The fourth-order valence-corrected chi connectivity index (χ4v) is 4.35. The molecule has 0 radical (unpaired) electrons. The second-order valence-electron chi connectivity index (χ2n) is 7.85. The number of hydrogen-bond acceptors (Lipinski definition) is 7. The zero-order chi connectivity index (χ0) is 20.6. The lowest BCUT2D eigenvalue weighted by atomic mass is 9.63. The van der Waals surface area contributed by atoms with E-state index in [2.05, 4.69) is 6.92 Å². The van der Waals surface area contributed by atoms with Gasteiger partial charge in [0, 0.05) is 19.2 Å². The Morgan fingerprint density at radius 3 is 2.63 bits per heavy atom. The van der Waals surface area contributed by atoms with Crippen LogP contribution in [0.5, 0.6) is 0 Å². The monoisotopic (exact) mass is 387 g/mol. The smallest absolute Gasteiger partial charge is 0.157 e. The average molecular weight is 388 g/mol. The van der Waals surface area contributed by atoms with Crippen molar-refractivity contribution in [3.8, 4) is 0 Å². The molecule has 1 heterocycles. The molecule has 7 nitrogen and oxygen atoms in total. The number of nitrogens with two attached hydrogens (primary N) is 2. The fourth-order valence-electron chi connectivity index (χ4n) is 4.35. The van der Waals surface area contributed by atoms with E-state index < -0.39 is 11.9 Å². The summed E-state index contributed by atoms with van der Waals surface area (Å²) in [5.74, 6) is 5.45. The molecule has 0 bridgehead atoms. The molecule has 6 atom stereocenters. The Morgan fingerprint density at radius 2 is 2.00 bits per heavy atom. The molecule has 1 saturated heterocycles. The van der Waals surface area contributed by atoms with E-state index in [4.69, 9.17) is 21.1 Å². The van der Waals surface area contributed by atoms with Crippen LogP contribution in [-0.4, -0.2) is 53.5 Å². The summed E-state index contributed by atoms with van der Waals surface area (Å²) in [4.78, 5) is 0. The Kier molecular flexibility index (Phi) is 10.0. The standard InChI is InChI=1S/C18H35N3O4.C2H6/c1-12-7-8-14-5-4-6-16(18(14,23)11-25-12)13(2)17(22)24-10-15(19)9-21(3)20;1-2/h9,12-14,16-17,22-23H,4-8,10-11,19-20H2,1-3H3;1-2H3/b15-9-;/t12?,13?,14?,16-,17-,18+;/m0./s1. The number of ether oxygens (including phenoxy) is 2. The highest BCUT2D eigenvalue weighted by Gasteiger charge is 2.50. The number of rotatable bonds is 6. The maximum atomic E-state index is 11.4.